The van der Waals surface area contributed by atoms with E-state index in [9.17, 15) is 4.79 Å². The average molecular weight is 372 g/mol. The van der Waals surface area contributed by atoms with E-state index >= 15 is 0 Å². The lowest BCUT2D eigenvalue weighted by Crippen LogP contribution is -2.30. The fourth-order valence-corrected chi connectivity index (χ4v) is 2.86. The number of benzene rings is 1. The van der Waals surface area contributed by atoms with E-state index in [1.165, 1.54) is 11.8 Å². The number of hydrogen-bond donors (Lipinski definition) is 2. The van der Waals surface area contributed by atoms with Crippen molar-refractivity contribution in [2.45, 2.75) is 18.2 Å². The van der Waals surface area contributed by atoms with E-state index in [-0.39, 0.29) is 0 Å². The minimum atomic E-state index is -0.982. The molecule has 0 saturated heterocycles. The molecule has 2 rings (SSSR count). The van der Waals surface area contributed by atoms with Gasteiger partial charge in [0.1, 0.15) is 6.04 Å². The molecule has 1 heterocycles. The lowest BCUT2D eigenvalue weighted by molar-refractivity contribution is -0.138. The second-order valence-electron chi connectivity index (χ2n) is 4.27. The summed E-state index contributed by atoms with van der Waals surface area (Å²) in [5.41, 5.74) is 6.27. The third-order valence-corrected chi connectivity index (χ3v) is 4.35. The fourth-order valence-electron chi connectivity index (χ4n) is 1.55. The Kier molecular flexibility index (Phi) is 5.77. The van der Waals surface area contributed by atoms with Gasteiger partial charge in [0, 0.05) is 4.47 Å². The Labute approximate surface area is 134 Å². The molecule has 0 bridgehead atoms. The number of halogens is 1. The van der Waals surface area contributed by atoms with E-state index < -0.39 is 12.0 Å². The van der Waals surface area contributed by atoms with Crippen LogP contribution in [-0.2, 0) is 10.5 Å². The summed E-state index contributed by atoms with van der Waals surface area (Å²) in [6.07, 6.45) is 0.408. The maximum absolute atomic E-state index is 10.6. The maximum Gasteiger partial charge on any atom is 0.320 e. The first-order chi connectivity index (χ1) is 10.1. The van der Waals surface area contributed by atoms with E-state index in [0.717, 1.165) is 10.0 Å². The highest BCUT2D eigenvalue weighted by atomic mass is 79.9. The molecular formula is C13H14BrN3O3S. The van der Waals surface area contributed by atoms with E-state index in [0.29, 0.717) is 29.7 Å². The molecule has 0 spiro atoms. The second-order valence-corrected chi connectivity index (χ2v) is 6.23. The van der Waals surface area contributed by atoms with Gasteiger partial charge in [0.15, 0.2) is 0 Å². The number of thioether (sulfide) groups is 1. The van der Waals surface area contributed by atoms with Crippen molar-refractivity contribution < 1.29 is 14.3 Å². The molecule has 0 amide bonds. The van der Waals surface area contributed by atoms with Crippen LogP contribution in [0.3, 0.4) is 0 Å². The van der Waals surface area contributed by atoms with E-state index in [4.69, 9.17) is 15.3 Å². The van der Waals surface area contributed by atoms with Crippen LogP contribution in [-0.4, -0.2) is 33.1 Å². The lowest BCUT2D eigenvalue weighted by atomic mass is 10.2. The van der Waals surface area contributed by atoms with Crippen LogP contribution in [0.15, 0.2) is 33.2 Å². The van der Waals surface area contributed by atoms with Crippen molar-refractivity contribution >= 4 is 33.7 Å². The smallest absolute Gasteiger partial charge is 0.320 e. The molecule has 1 aromatic heterocycles. The molecule has 21 heavy (non-hydrogen) atoms. The number of rotatable bonds is 7. The minimum Gasteiger partial charge on any atom is -0.480 e. The molecule has 1 aromatic carbocycles. The Morgan fingerprint density at radius 1 is 1.43 bits per heavy atom. The van der Waals surface area contributed by atoms with Crippen molar-refractivity contribution in [1.82, 2.24) is 10.2 Å². The van der Waals surface area contributed by atoms with Crippen LogP contribution in [0, 0.1) is 0 Å². The van der Waals surface area contributed by atoms with Crippen LogP contribution < -0.4 is 5.73 Å². The quantitative estimate of drug-likeness (QED) is 0.720. The van der Waals surface area contributed by atoms with Gasteiger partial charge >= 0.3 is 5.97 Å². The summed E-state index contributed by atoms with van der Waals surface area (Å²) in [4.78, 5) is 10.6. The Hall–Kier alpha value is -1.38. The SMILES string of the molecule is NC(CCSCc1nnc(-c2ccccc2Br)o1)C(=O)O. The molecule has 0 radical (unpaired) electrons. The van der Waals surface area contributed by atoms with E-state index in [2.05, 4.69) is 26.1 Å². The predicted molar refractivity (Wildman–Crippen MR) is 83.8 cm³/mol. The Bertz CT molecular complexity index is 620. The van der Waals surface area contributed by atoms with Gasteiger partial charge in [-0.2, -0.15) is 11.8 Å². The number of aliphatic carboxylic acids is 1. The average Bonchev–Trinajstić information content (AvgIpc) is 2.92. The highest BCUT2D eigenvalue weighted by Gasteiger charge is 2.13. The van der Waals surface area contributed by atoms with Gasteiger partial charge in [0.25, 0.3) is 0 Å². The van der Waals surface area contributed by atoms with Crippen LogP contribution in [0.2, 0.25) is 0 Å². The summed E-state index contributed by atoms with van der Waals surface area (Å²) >= 11 is 4.95. The summed E-state index contributed by atoms with van der Waals surface area (Å²) in [5, 5.41) is 16.7. The van der Waals surface area contributed by atoms with E-state index in [1.807, 2.05) is 24.3 Å². The van der Waals surface area contributed by atoms with Gasteiger partial charge in [-0.05, 0) is 40.2 Å². The summed E-state index contributed by atoms with van der Waals surface area (Å²) in [6.45, 7) is 0. The number of carboxylic acid groups (broad SMARTS) is 1. The largest absolute Gasteiger partial charge is 0.480 e. The zero-order valence-electron chi connectivity index (χ0n) is 11.0. The molecule has 112 valence electrons. The molecule has 1 unspecified atom stereocenters. The van der Waals surface area contributed by atoms with Crippen LogP contribution >= 0.6 is 27.7 Å². The first-order valence-corrected chi connectivity index (χ1v) is 8.16. The van der Waals surface area contributed by atoms with Crippen molar-refractivity contribution in [3.8, 4) is 11.5 Å². The highest BCUT2D eigenvalue weighted by molar-refractivity contribution is 9.10. The van der Waals surface area contributed by atoms with Gasteiger partial charge < -0.3 is 15.3 Å². The Morgan fingerprint density at radius 3 is 2.90 bits per heavy atom. The van der Waals surface area contributed by atoms with Crippen molar-refractivity contribution in [3.63, 3.8) is 0 Å². The van der Waals surface area contributed by atoms with Crippen LogP contribution in [0.1, 0.15) is 12.3 Å². The van der Waals surface area contributed by atoms with Crippen molar-refractivity contribution in [3.05, 3.63) is 34.6 Å². The third kappa shape index (κ3) is 4.55. The van der Waals surface area contributed by atoms with E-state index in [1.54, 1.807) is 0 Å². The van der Waals surface area contributed by atoms with Gasteiger partial charge in [-0.1, -0.05) is 12.1 Å². The topological polar surface area (TPSA) is 102 Å². The van der Waals surface area contributed by atoms with Crippen LogP contribution in [0.4, 0.5) is 0 Å². The van der Waals surface area contributed by atoms with Gasteiger partial charge in [0.2, 0.25) is 11.8 Å². The molecule has 3 N–H and O–H groups in total. The first kappa shape index (κ1) is 16.0. The molecule has 0 fully saturated rings. The van der Waals surface area contributed by atoms with Crippen LogP contribution in [0.25, 0.3) is 11.5 Å². The minimum absolute atomic E-state index is 0.408. The number of nitrogens with two attached hydrogens (primary N) is 1. The molecule has 0 aliphatic heterocycles. The zero-order valence-corrected chi connectivity index (χ0v) is 13.4. The predicted octanol–water partition coefficient (Wildman–Crippen LogP) is 2.53. The summed E-state index contributed by atoms with van der Waals surface area (Å²) < 4.78 is 6.47. The molecule has 2 aromatic rings. The second kappa shape index (κ2) is 7.58. The molecule has 8 heteroatoms. The third-order valence-electron chi connectivity index (χ3n) is 2.69. The molecule has 0 saturated carbocycles. The van der Waals surface area contributed by atoms with Crippen molar-refractivity contribution in [2.75, 3.05) is 5.75 Å². The molecule has 0 aliphatic carbocycles. The first-order valence-electron chi connectivity index (χ1n) is 6.21. The summed E-state index contributed by atoms with van der Waals surface area (Å²) in [6, 6.07) is 6.77. The highest BCUT2D eigenvalue weighted by Crippen LogP contribution is 2.27. The molecule has 6 nitrogen and oxygen atoms in total. The molecule has 0 aliphatic rings. The van der Waals surface area contributed by atoms with Gasteiger partial charge in [-0.3, -0.25) is 4.79 Å². The standard InChI is InChI=1S/C13H14BrN3O3S/c14-9-4-2-1-3-8(9)12-17-16-11(20-12)7-21-6-5-10(15)13(18)19/h1-4,10H,5-7,15H2,(H,18,19). The summed E-state index contributed by atoms with van der Waals surface area (Å²) in [7, 11) is 0. The number of aromatic nitrogens is 2. The maximum atomic E-state index is 10.6. The molecular weight excluding hydrogens is 358 g/mol. The number of hydrogen-bond acceptors (Lipinski definition) is 6. The number of carbonyl (C=O) groups is 1. The van der Waals surface area contributed by atoms with Gasteiger partial charge in [-0.15, -0.1) is 10.2 Å². The lowest BCUT2D eigenvalue weighted by Gasteiger charge is -2.04. The van der Waals surface area contributed by atoms with Crippen molar-refractivity contribution in [2.24, 2.45) is 5.73 Å². The Balaban J connectivity index is 1.87. The van der Waals surface area contributed by atoms with Crippen LogP contribution in [0.5, 0.6) is 0 Å². The Morgan fingerprint density at radius 2 is 2.19 bits per heavy atom. The van der Waals surface area contributed by atoms with Crippen molar-refractivity contribution in [1.29, 1.82) is 0 Å². The molecule has 1 atom stereocenters. The van der Waals surface area contributed by atoms with Gasteiger partial charge in [-0.25, -0.2) is 0 Å². The number of nitrogens with zero attached hydrogens (tertiary/aromatic N) is 2. The number of carboxylic acids is 1. The zero-order chi connectivity index (χ0) is 15.2. The van der Waals surface area contributed by atoms with Gasteiger partial charge in [0.05, 0.1) is 11.3 Å². The summed E-state index contributed by atoms with van der Waals surface area (Å²) in [5.74, 6) is 1.14. The fraction of sp³-hybridized carbons (Fsp3) is 0.308. The normalized spacial score (nSPS) is 12.3. The monoisotopic (exact) mass is 371 g/mol.